The fourth-order valence-electron chi connectivity index (χ4n) is 4.15. The highest BCUT2D eigenvalue weighted by Gasteiger charge is 2.16. The van der Waals surface area contributed by atoms with Crippen LogP contribution in [0.1, 0.15) is 83.1 Å². The predicted octanol–water partition coefficient (Wildman–Crippen LogP) is 3.90. The lowest BCUT2D eigenvalue weighted by molar-refractivity contribution is 0.196. The average molecular weight is 732 g/mol. The second-order valence-corrected chi connectivity index (χ2v) is 13.3. The van der Waals surface area contributed by atoms with Crippen molar-refractivity contribution in [1.29, 1.82) is 0 Å². The molecule has 0 aliphatic heterocycles. The first-order chi connectivity index (χ1) is 24.6. The SMILES string of the molecule is CC(C)Oc1nc(NCCN(CCNc2nc(OC(C)C)nc(OC(C)C)n2)CCNc2nc(OC(C)C)nc(OC(C)C)n2)nc(OC(C)C)n1. The molecule has 0 unspecified atom stereocenters. The smallest absolute Gasteiger partial charge is 0.324 e. The lowest BCUT2D eigenvalue weighted by Gasteiger charge is -2.23. The molecule has 0 radical (unpaired) electrons. The van der Waals surface area contributed by atoms with Gasteiger partial charge < -0.3 is 44.4 Å². The van der Waals surface area contributed by atoms with E-state index in [1.807, 2.05) is 83.1 Å². The lowest BCUT2D eigenvalue weighted by atomic mass is 10.4. The minimum Gasteiger partial charge on any atom is -0.461 e. The van der Waals surface area contributed by atoms with Crippen LogP contribution in [0.2, 0.25) is 0 Å². The van der Waals surface area contributed by atoms with E-state index in [0.717, 1.165) is 0 Å². The molecular weight excluding hydrogens is 674 g/mol. The van der Waals surface area contributed by atoms with Crippen LogP contribution in [0.15, 0.2) is 0 Å². The molecule has 3 heterocycles. The third-order valence-electron chi connectivity index (χ3n) is 5.96. The van der Waals surface area contributed by atoms with Crippen molar-refractivity contribution in [1.82, 2.24) is 49.8 Å². The highest BCUT2D eigenvalue weighted by atomic mass is 16.5. The summed E-state index contributed by atoms with van der Waals surface area (Å²) in [7, 11) is 0. The molecule has 19 nitrogen and oxygen atoms in total. The van der Waals surface area contributed by atoms with Crippen molar-refractivity contribution in [2.45, 2.75) is 120 Å². The van der Waals surface area contributed by atoms with E-state index >= 15 is 0 Å². The molecule has 3 aromatic rings. The summed E-state index contributed by atoms with van der Waals surface area (Å²) in [6.45, 7) is 26.2. The van der Waals surface area contributed by atoms with Gasteiger partial charge in [0.2, 0.25) is 17.8 Å². The summed E-state index contributed by atoms with van der Waals surface area (Å²) < 4.78 is 34.4. The van der Waals surface area contributed by atoms with E-state index in [1.54, 1.807) is 0 Å². The third kappa shape index (κ3) is 16.5. The lowest BCUT2D eigenvalue weighted by Crippen LogP contribution is -2.37. The monoisotopic (exact) mass is 731 g/mol. The van der Waals surface area contributed by atoms with Crippen molar-refractivity contribution < 1.29 is 28.4 Å². The first-order valence-electron chi connectivity index (χ1n) is 17.9. The van der Waals surface area contributed by atoms with E-state index in [2.05, 4.69) is 65.7 Å². The number of hydrogen-bond acceptors (Lipinski definition) is 19. The molecule has 3 aromatic heterocycles. The summed E-state index contributed by atoms with van der Waals surface area (Å²) in [6, 6.07) is 1.12. The van der Waals surface area contributed by atoms with Gasteiger partial charge in [-0.1, -0.05) is 0 Å². The number of hydrogen-bond donors (Lipinski definition) is 3. The van der Waals surface area contributed by atoms with E-state index < -0.39 is 0 Å². The van der Waals surface area contributed by atoms with Gasteiger partial charge in [0, 0.05) is 39.3 Å². The van der Waals surface area contributed by atoms with Crippen molar-refractivity contribution in [2.75, 3.05) is 55.2 Å². The van der Waals surface area contributed by atoms with Gasteiger partial charge >= 0.3 is 36.1 Å². The Morgan fingerprint density at radius 2 is 0.538 bits per heavy atom. The molecule has 0 saturated heterocycles. The maximum Gasteiger partial charge on any atom is 0.324 e. The predicted molar refractivity (Wildman–Crippen MR) is 196 cm³/mol. The molecule has 0 aliphatic carbocycles. The molecule has 0 spiro atoms. The van der Waals surface area contributed by atoms with Crippen LogP contribution >= 0.6 is 0 Å². The number of anilines is 3. The zero-order valence-electron chi connectivity index (χ0n) is 32.6. The Morgan fingerprint density at radius 3 is 0.712 bits per heavy atom. The maximum atomic E-state index is 5.74. The van der Waals surface area contributed by atoms with Crippen molar-refractivity contribution in [3.63, 3.8) is 0 Å². The topological polar surface area (TPSA) is 211 Å². The van der Waals surface area contributed by atoms with E-state index in [0.29, 0.717) is 57.1 Å². The quantitative estimate of drug-likeness (QED) is 0.119. The van der Waals surface area contributed by atoms with Crippen LogP contribution in [0, 0.1) is 0 Å². The molecule has 0 aromatic carbocycles. The zero-order chi connectivity index (χ0) is 38.2. The Bertz CT molecular complexity index is 1240. The molecule has 52 heavy (non-hydrogen) atoms. The minimum absolute atomic E-state index is 0.117. The number of rotatable bonds is 24. The van der Waals surface area contributed by atoms with E-state index in [1.165, 1.54) is 0 Å². The van der Waals surface area contributed by atoms with Gasteiger partial charge in [-0.3, -0.25) is 4.90 Å². The zero-order valence-corrected chi connectivity index (χ0v) is 32.6. The Morgan fingerprint density at radius 1 is 0.346 bits per heavy atom. The van der Waals surface area contributed by atoms with Crippen molar-refractivity contribution in [3.05, 3.63) is 0 Å². The van der Waals surface area contributed by atoms with Gasteiger partial charge in [-0.2, -0.15) is 29.9 Å². The van der Waals surface area contributed by atoms with E-state index in [-0.39, 0.29) is 72.7 Å². The van der Waals surface area contributed by atoms with Crippen LogP contribution in [0.4, 0.5) is 17.8 Å². The molecule has 0 amide bonds. The number of nitrogens with one attached hydrogen (secondary N) is 3. The van der Waals surface area contributed by atoms with Crippen LogP contribution in [0.25, 0.3) is 0 Å². The fourth-order valence-corrected chi connectivity index (χ4v) is 4.15. The van der Waals surface area contributed by atoms with Gasteiger partial charge in [-0.25, -0.2) is 0 Å². The molecule has 0 saturated carbocycles. The maximum absolute atomic E-state index is 5.74. The van der Waals surface area contributed by atoms with Crippen LogP contribution in [0.3, 0.4) is 0 Å². The molecular formula is C33H57N13O6. The first-order valence-corrected chi connectivity index (χ1v) is 17.9. The minimum atomic E-state index is -0.117. The summed E-state index contributed by atoms with van der Waals surface area (Å²) in [6.07, 6.45) is -0.703. The molecule has 3 rings (SSSR count). The van der Waals surface area contributed by atoms with E-state index in [4.69, 9.17) is 28.4 Å². The number of ether oxygens (including phenoxy) is 6. The second kappa shape index (κ2) is 20.9. The summed E-state index contributed by atoms with van der Waals surface area (Å²) in [5.41, 5.74) is 0. The Hall–Kier alpha value is -4.81. The summed E-state index contributed by atoms with van der Waals surface area (Å²) in [5, 5.41) is 9.85. The fraction of sp³-hybridized carbons (Fsp3) is 0.727. The van der Waals surface area contributed by atoms with Gasteiger partial charge in [0.1, 0.15) is 0 Å². The molecule has 0 bridgehead atoms. The molecule has 0 atom stereocenters. The Kier molecular flexibility index (Phi) is 16.7. The average Bonchev–Trinajstić information content (AvgIpc) is 2.98. The summed E-state index contributed by atoms with van der Waals surface area (Å²) in [5.74, 6) is 1.04. The van der Waals surface area contributed by atoms with Gasteiger partial charge in [-0.15, -0.1) is 15.0 Å². The van der Waals surface area contributed by atoms with Crippen molar-refractivity contribution in [2.24, 2.45) is 0 Å². The van der Waals surface area contributed by atoms with Gasteiger partial charge in [-0.05, 0) is 83.1 Å². The van der Waals surface area contributed by atoms with Crippen LogP contribution < -0.4 is 44.4 Å². The van der Waals surface area contributed by atoms with Gasteiger partial charge in [0.05, 0.1) is 36.6 Å². The summed E-state index contributed by atoms with van der Waals surface area (Å²) >= 11 is 0. The standard InChI is InChI=1S/C33H57N13O6/c1-19(2)47-28-37-25(38-29(43-28)48-20(3)4)34-13-16-46(17-14-35-26-39-30(49-21(5)6)44-31(40-26)50-22(7)8)18-15-36-27-41-32(51-23(9)10)45-33(42-27)52-24(11)12/h19-24H,13-18H2,1-12H3,(H,34,37,38,43)(H,35,39,40,44)(H,36,41,42,45). The highest BCUT2D eigenvalue weighted by Crippen LogP contribution is 2.18. The Balaban J connectivity index is 1.74. The summed E-state index contributed by atoms with van der Waals surface area (Å²) in [4.78, 5) is 41.6. The largest absolute Gasteiger partial charge is 0.461 e. The third-order valence-corrected chi connectivity index (χ3v) is 5.96. The normalized spacial score (nSPS) is 11.6. The Labute approximate surface area is 306 Å². The van der Waals surface area contributed by atoms with E-state index in [9.17, 15) is 0 Å². The van der Waals surface area contributed by atoms with Crippen molar-refractivity contribution in [3.8, 4) is 36.1 Å². The van der Waals surface area contributed by atoms with Gasteiger partial charge in [0.25, 0.3) is 0 Å². The number of nitrogens with zero attached hydrogens (tertiary/aromatic N) is 10. The first kappa shape index (κ1) is 41.6. The second-order valence-electron chi connectivity index (χ2n) is 13.3. The van der Waals surface area contributed by atoms with Crippen molar-refractivity contribution >= 4 is 17.8 Å². The van der Waals surface area contributed by atoms with Crippen LogP contribution in [-0.4, -0.2) is 126 Å². The molecule has 19 heteroatoms. The van der Waals surface area contributed by atoms with Crippen LogP contribution in [0.5, 0.6) is 36.1 Å². The number of aromatic nitrogens is 9. The van der Waals surface area contributed by atoms with Crippen LogP contribution in [-0.2, 0) is 0 Å². The van der Waals surface area contributed by atoms with Gasteiger partial charge in [0.15, 0.2) is 0 Å². The highest BCUT2D eigenvalue weighted by molar-refractivity contribution is 5.29. The molecule has 0 fully saturated rings. The molecule has 3 N–H and O–H groups in total. The molecule has 0 aliphatic rings. The molecule has 290 valence electrons.